The van der Waals surface area contributed by atoms with Gasteiger partial charge in [-0.05, 0) is 23.1 Å². The normalized spacial score (nSPS) is 16.4. The number of benzene rings is 2. The van der Waals surface area contributed by atoms with Gasteiger partial charge in [0, 0.05) is 13.1 Å². The van der Waals surface area contributed by atoms with E-state index in [4.69, 9.17) is 0 Å². The summed E-state index contributed by atoms with van der Waals surface area (Å²) in [5.41, 5.74) is 3.86. The molecule has 2 nitrogen and oxygen atoms in total. The topological polar surface area (TPSA) is 27.0 Å². The van der Waals surface area contributed by atoms with E-state index in [2.05, 4.69) is 35.2 Å². The van der Waals surface area contributed by atoms with Gasteiger partial charge in [-0.25, -0.2) is 0 Å². The Morgan fingerprint density at radius 1 is 0.947 bits per heavy atom. The zero-order valence-corrected chi connectivity index (χ0v) is 10.8. The molecule has 0 bridgehead atoms. The molecule has 2 aromatic carbocycles. The molecule has 0 aliphatic carbocycles. The molecule has 1 aliphatic rings. The minimum Gasteiger partial charge on any atom is -0.280 e. The Balaban J connectivity index is 1.86. The van der Waals surface area contributed by atoms with Crippen molar-refractivity contribution in [3.8, 4) is 6.07 Å². The fourth-order valence-electron chi connectivity index (χ4n) is 2.74. The second-order valence-electron chi connectivity index (χ2n) is 4.93. The highest BCUT2D eigenvalue weighted by molar-refractivity contribution is 5.31. The average molecular weight is 248 g/mol. The van der Waals surface area contributed by atoms with Crippen LogP contribution in [0.3, 0.4) is 0 Å². The molecule has 1 heterocycles. The number of hydrogen-bond donors (Lipinski definition) is 0. The van der Waals surface area contributed by atoms with Crippen LogP contribution in [-0.4, -0.2) is 11.4 Å². The van der Waals surface area contributed by atoms with E-state index >= 15 is 0 Å². The van der Waals surface area contributed by atoms with Crippen LogP contribution in [0.25, 0.3) is 0 Å². The molecular weight excluding hydrogens is 232 g/mol. The molecule has 19 heavy (non-hydrogen) atoms. The molecule has 0 saturated heterocycles. The average Bonchev–Trinajstić information content (AvgIpc) is 2.49. The molecule has 3 rings (SSSR count). The molecule has 0 radical (unpaired) electrons. The summed E-state index contributed by atoms with van der Waals surface area (Å²) in [5, 5.41) is 9.49. The van der Waals surface area contributed by atoms with Gasteiger partial charge < -0.3 is 0 Å². The van der Waals surface area contributed by atoms with E-state index in [0.29, 0.717) is 0 Å². The van der Waals surface area contributed by atoms with E-state index in [1.807, 2.05) is 30.3 Å². The predicted octanol–water partition coefficient (Wildman–Crippen LogP) is 3.31. The quantitative estimate of drug-likeness (QED) is 0.815. The van der Waals surface area contributed by atoms with Gasteiger partial charge in [0.05, 0.1) is 6.07 Å². The third-order valence-electron chi connectivity index (χ3n) is 3.76. The van der Waals surface area contributed by atoms with Crippen LogP contribution in [0.1, 0.15) is 22.7 Å². The van der Waals surface area contributed by atoms with Crippen molar-refractivity contribution in [3.05, 3.63) is 71.3 Å². The first-order valence-electron chi connectivity index (χ1n) is 6.64. The molecule has 0 aromatic heterocycles. The molecule has 0 fully saturated rings. The van der Waals surface area contributed by atoms with Gasteiger partial charge in [0.15, 0.2) is 0 Å². The summed E-state index contributed by atoms with van der Waals surface area (Å²) in [6.45, 7) is 1.81. The number of rotatable bonds is 2. The maximum absolute atomic E-state index is 9.49. The lowest BCUT2D eigenvalue weighted by molar-refractivity contribution is 0.216. The van der Waals surface area contributed by atoms with E-state index in [1.165, 1.54) is 11.1 Å². The van der Waals surface area contributed by atoms with Crippen LogP contribution in [0.4, 0.5) is 0 Å². The second-order valence-corrected chi connectivity index (χ2v) is 4.93. The Hall–Kier alpha value is -2.11. The van der Waals surface area contributed by atoms with Crippen molar-refractivity contribution in [2.75, 3.05) is 6.54 Å². The van der Waals surface area contributed by atoms with Crippen LogP contribution in [0.2, 0.25) is 0 Å². The Morgan fingerprint density at radius 2 is 1.63 bits per heavy atom. The number of nitriles is 1. The van der Waals surface area contributed by atoms with Crippen molar-refractivity contribution in [1.29, 1.82) is 5.26 Å². The fraction of sp³-hybridized carbons (Fsp3) is 0.235. The summed E-state index contributed by atoms with van der Waals surface area (Å²) in [5.74, 6) is 0. The van der Waals surface area contributed by atoms with E-state index in [1.54, 1.807) is 0 Å². The van der Waals surface area contributed by atoms with Crippen LogP contribution >= 0.6 is 0 Å². The molecule has 0 amide bonds. The molecule has 1 unspecified atom stereocenters. The lowest BCUT2D eigenvalue weighted by Crippen LogP contribution is -2.33. The minimum atomic E-state index is -0.144. The molecule has 0 N–H and O–H groups in total. The third-order valence-corrected chi connectivity index (χ3v) is 3.76. The molecule has 0 saturated carbocycles. The predicted molar refractivity (Wildman–Crippen MR) is 75.4 cm³/mol. The van der Waals surface area contributed by atoms with E-state index in [0.717, 1.165) is 25.1 Å². The molecular formula is C17H16N2. The Morgan fingerprint density at radius 3 is 2.37 bits per heavy atom. The van der Waals surface area contributed by atoms with Gasteiger partial charge in [-0.15, -0.1) is 0 Å². The Kier molecular flexibility index (Phi) is 3.31. The van der Waals surface area contributed by atoms with Gasteiger partial charge in [-0.3, -0.25) is 4.90 Å². The van der Waals surface area contributed by atoms with Crippen LogP contribution in [-0.2, 0) is 13.0 Å². The van der Waals surface area contributed by atoms with Crippen molar-refractivity contribution >= 4 is 0 Å². The summed E-state index contributed by atoms with van der Waals surface area (Å²) in [4.78, 5) is 2.26. The van der Waals surface area contributed by atoms with Crippen molar-refractivity contribution in [2.24, 2.45) is 0 Å². The van der Waals surface area contributed by atoms with Crippen molar-refractivity contribution in [2.45, 2.75) is 19.0 Å². The Labute approximate surface area is 113 Å². The van der Waals surface area contributed by atoms with E-state index in [-0.39, 0.29) is 6.04 Å². The smallest absolute Gasteiger partial charge is 0.124 e. The number of hydrogen-bond acceptors (Lipinski definition) is 2. The molecule has 1 atom stereocenters. The van der Waals surface area contributed by atoms with E-state index in [9.17, 15) is 5.26 Å². The van der Waals surface area contributed by atoms with Gasteiger partial charge in [-0.1, -0.05) is 54.6 Å². The molecule has 0 spiro atoms. The standard InChI is InChI=1S/C17H16N2/c18-12-17(15-7-2-1-3-8-15)19-11-10-14-6-4-5-9-16(14)13-19/h1-9,17H,10-11,13H2. The minimum absolute atomic E-state index is 0.144. The zero-order valence-electron chi connectivity index (χ0n) is 10.8. The Bertz CT molecular complexity index is 598. The second kappa shape index (κ2) is 5.26. The summed E-state index contributed by atoms with van der Waals surface area (Å²) in [6, 6.07) is 20.9. The monoisotopic (exact) mass is 248 g/mol. The summed E-state index contributed by atoms with van der Waals surface area (Å²) in [7, 11) is 0. The lowest BCUT2D eigenvalue weighted by atomic mass is 9.97. The van der Waals surface area contributed by atoms with E-state index < -0.39 is 0 Å². The summed E-state index contributed by atoms with van der Waals surface area (Å²) >= 11 is 0. The SMILES string of the molecule is N#CC(c1ccccc1)N1CCc2ccccc2C1. The van der Waals surface area contributed by atoms with Gasteiger partial charge in [0.1, 0.15) is 6.04 Å². The highest BCUT2D eigenvalue weighted by Gasteiger charge is 2.24. The first-order valence-corrected chi connectivity index (χ1v) is 6.64. The van der Waals surface area contributed by atoms with Crippen molar-refractivity contribution in [3.63, 3.8) is 0 Å². The first kappa shape index (κ1) is 12.0. The summed E-state index contributed by atoms with van der Waals surface area (Å²) < 4.78 is 0. The first-order chi connectivity index (χ1) is 9.38. The van der Waals surface area contributed by atoms with Gasteiger partial charge in [0.25, 0.3) is 0 Å². The van der Waals surface area contributed by atoms with Gasteiger partial charge in [0.2, 0.25) is 0 Å². The van der Waals surface area contributed by atoms with Crippen LogP contribution in [0.15, 0.2) is 54.6 Å². The van der Waals surface area contributed by atoms with Crippen LogP contribution < -0.4 is 0 Å². The number of fused-ring (bicyclic) bond motifs is 1. The van der Waals surface area contributed by atoms with Gasteiger partial charge >= 0.3 is 0 Å². The van der Waals surface area contributed by atoms with Crippen LogP contribution in [0.5, 0.6) is 0 Å². The number of nitrogens with zero attached hydrogens (tertiary/aromatic N) is 2. The molecule has 2 aromatic rings. The zero-order chi connectivity index (χ0) is 13.1. The maximum atomic E-state index is 9.49. The third kappa shape index (κ3) is 2.38. The highest BCUT2D eigenvalue weighted by atomic mass is 15.2. The molecule has 2 heteroatoms. The maximum Gasteiger partial charge on any atom is 0.124 e. The summed E-state index contributed by atoms with van der Waals surface area (Å²) in [6.07, 6.45) is 1.03. The molecule has 1 aliphatic heterocycles. The fourth-order valence-corrected chi connectivity index (χ4v) is 2.74. The highest BCUT2D eigenvalue weighted by Crippen LogP contribution is 2.27. The van der Waals surface area contributed by atoms with Gasteiger partial charge in [-0.2, -0.15) is 5.26 Å². The van der Waals surface area contributed by atoms with Crippen LogP contribution in [0, 0.1) is 11.3 Å². The lowest BCUT2D eigenvalue weighted by Gasteiger charge is -2.32. The largest absolute Gasteiger partial charge is 0.280 e. The van der Waals surface area contributed by atoms with Crippen molar-refractivity contribution in [1.82, 2.24) is 4.90 Å². The van der Waals surface area contributed by atoms with Crippen molar-refractivity contribution < 1.29 is 0 Å². The molecule has 94 valence electrons.